The molecule has 102 valence electrons. The van der Waals surface area contributed by atoms with Crippen molar-refractivity contribution in [2.75, 3.05) is 0 Å². The summed E-state index contributed by atoms with van der Waals surface area (Å²) < 4.78 is 6.96. The summed E-state index contributed by atoms with van der Waals surface area (Å²) >= 11 is 3.48. The summed E-state index contributed by atoms with van der Waals surface area (Å²) in [7, 11) is 0. The lowest BCUT2D eigenvalue weighted by molar-refractivity contribution is 0.206. The van der Waals surface area contributed by atoms with Crippen molar-refractivity contribution in [3.63, 3.8) is 0 Å². The molecule has 0 aromatic heterocycles. The van der Waals surface area contributed by atoms with Gasteiger partial charge in [0.15, 0.2) is 0 Å². The van der Waals surface area contributed by atoms with Crippen LogP contribution >= 0.6 is 15.9 Å². The Morgan fingerprint density at radius 2 is 2.00 bits per heavy atom. The van der Waals surface area contributed by atoms with Gasteiger partial charge >= 0.3 is 0 Å². The molecule has 0 saturated heterocycles. The van der Waals surface area contributed by atoms with E-state index in [1.807, 2.05) is 18.2 Å². The highest BCUT2D eigenvalue weighted by atomic mass is 79.9. The van der Waals surface area contributed by atoms with Gasteiger partial charge < -0.3 is 10.5 Å². The van der Waals surface area contributed by atoms with E-state index in [1.165, 1.54) is 25.7 Å². The fourth-order valence-corrected chi connectivity index (χ4v) is 2.48. The highest BCUT2D eigenvalue weighted by Gasteiger charge is 2.05. The first kappa shape index (κ1) is 15.5. The van der Waals surface area contributed by atoms with Crippen molar-refractivity contribution in [1.29, 1.82) is 0 Å². The van der Waals surface area contributed by atoms with Crippen LogP contribution in [0.25, 0.3) is 0 Å². The van der Waals surface area contributed by atoms with Crippen LogP contribution < -0.4 is 10.5 Å². The molecule has 0 amide bonds. The second-order valence-corrected chi connectivity index (χ2v) is 5.69. The molecule has 0 heterocycles. The van der Waals surface area contributed by atoms with Crippen LogP contribution in [-0.2, 0) is 6.54 Å². The number of unbranched alkanes of at least 4 members (excludes halogenated alkanes) is 3. The molecule has 0 spiro atoms. The van der Waals surface area contributed by atoms with E-state index in [-0.39, 0.29) is 6.10 Å². The van der Waals surface area contributed by atoms with Gasteiger partial charge in [-0.05, 0) is 43.5 Å². The molecule has 1 aromatic carbocycles. The summed E-state index contributed by atoms with van der Waals surface area (Å²) in [5.74, 6) is 0.910. The summed E-state index contributed by atoms with van der Waals surface area (Å²) in [6, 6.07) is 6.05. The van der Waals surface area contributed by atoms with Crippen molar-refractivity contribution in [2.45, 2.75) is 58.6 Å². The first-order valence-electron chi connectivity index (χ1n) is 6.82. The molecule has 0 bridgehead atoms. The number of rotatable bonds is 8. The van der Waals surface area contributed by atoms with Crippen molar-refractivity contribution in [1.82, 2.24) is 0 Å². The van der Waals surface area contributed by atoms with Crippen molar-refractivity contribution < 1.29 is 4.74 Å². The molecule has 3 heteroatoms. The van der Waals surface area contributed by atoms with Crippen molar-refractivity contribution >= 4 is 15.9 Å². The number of hydrogen-bond acceptors (Lipinski definition) is 2. The quantitative estimate of drug-likeness (QED) is 0.709. The van der Waals surface area contributed by atoms with Crippen LogP contribution in [0.2, 0.25) is 0 Å². The normalized spacial score (nSPS) is 12.4. The predicted molar refractivity (Wildman–Crippen MR) is 80.9 cm³/mol. The van der Waals surface area contributed by atoms with Gasteiger partial charge in [-0.2, -0.15) is 0 Å². The lowest BCUT2D eigenvalue weighted by atomic mass is 10.1. The second kappa shape index (κ2) is 8.54. The summed E-state index contributed by atoms with van der Waals surface area (Å²) in [6.07, 6.45) is 6.53. The SMILES string of the molecule is CCCCCCC(C)Oc1cc(Br)cc(CN)c1. The fraction of sp³-hybridized carbons (Fsp3) is 0.600. The molecule has 2 N–H and O–H groups in total. The van der Waals surface area contributed by atoms with Crippen LogP contribution in [0, 0.1) is 0 Å². The summed E-state index contributed by atoms with van der Waals surface area (Å²) in [5.41, 5.74) is 6.75. The van der Waals surface area contributed by atoms with Gasteiger partial charge in [-0.1, -0.05) is 42.1 Å². The minimum atomic E-state index is 0.266. The van der Waals surface area contributed by atoms with Gasteiger partial charge in [0.05, 0.1) is 6.10 Å². The van der Waals surface area contributed by atoms with E-state index < -0.39 is 0 Å². The number of hydrogen-bond donors (Lipinski definition) is 1. The Hall–Kier alpha value is -0.540. The highest BCUT2D eigenvalue weighted by molar-refractivity contribution is 9.10. The maximum atomic E-state index is 5.93. The van der Waals surface area contributed by atoms with Crippen molar-refractivity contribution in [2.24, 2.45) is 5.73 Å². The molecule has 1 rings (SSSR count). The molecule has 1 aromatic rings. The van der Waals surface area contributed by atoms with Gasteiger partial charge in [0.1, 0.15) is 5.75 Å². The lowest BCUT2D eigenvalue weighted by Gasteiger charge is -2.15. The van der Waals surface area contributed by atoms with Crippen LogP contribution in [0.4, 0.5) is 0 Å². The van der Waals surface area contributed by atoms with Gasteiger partial charge in [0, 0.05) is 11.0 Å². The molecule has 18 heavy (non-hydrogen) atoms. The zero-order chi connectivity index (χ0) is 13.4. The average Bonchev–Trinajstić information content (AvgIpc) is 2.34. The summed E-state index contributed by atoms with van der Waals surface area (Å²) in [4.78, 5) is 0. The molecular formula is C15H24BrNO. The van der Waals surface area contributed by atoms with Gasteiger partial charge in [-0.15, -0.1) is 0 Å². The van der Waals surface area contributed by atoms with E-state index in [9.17, 15) is 0 Å². The van der Waals surface area contributed by atoms with Crippen LogP contribution in [0.5, 0.6) is 5.75 Å². The van der Waals surface area contributed by atoms with E-state index in [4.69, 9.17) is 10.5 Å². The Morgan fingerprint density at radius 3 is 2.67 bits per heavy atom. The molecule has 0 saturated carbocycles. The van der Waals surface area contributed by atoms with E-state index >= 15 is 0 Å². The Bertz CT molecular complexity index is 354. The molecule has 1 atom stereocenters. The minimum Gasteiger partial charge on any atom is -0.491 e. The maximum Gasteiger partial charge on any atom is 0.121 e. The van der Waals surface area contributed by atoms with Gasteiger partial charge in [-0.3, -0.25) is 0 Å². The number of nitrogens with two attached hydrogens (primary N) is 1. The van der Waals surface area contributed by atoms with Crippen LogP contribution in [0.15, 0.2) is 22.7 Å². The average molecular weight is 314 g/mol. The van der Waals surface area contributed by atoms with Crippen LogP contribution in [-0.4, -0.2) is 6.10 Å². The lowest BCUT2D eigenvalue weighted by Crippen LogP contribution is -2.12. The highest BCUT2D eigenvalue weighted by Crippen LogP contribution is 2.23. The molecular weight excluding hydrogens is 290 g/mol. The molecule has 0 aliphatic rings. The topological polar surface area (TPSA) is 35.2 Å². The van der Waals surface area contributed by atoms with Crippen LogP contribution in [0.1, 0.15) is 51.5 Å². The third-order valence-corrected chi connectivity index (χ3v) is 3.43. The van der Waals surface area contributed by atoms with E-state index in [2.05, 4.69) is 29.8 Å². The third kappa shape index (κ3) is 5.87. The first-order chi connectivity index (χ1) is 8.65. The first-order valence-corrected chi connectivity index (χ1v) is 7.61. The van der Waals surface area contributed by atoms with Gasteiger partial charge in [0.25, 0.3) is 0 Å². The summed E-state index contributed by atoms with van der Waals surface area (Å²) in [6.45, 7) is 4.91. The molecule has 1 unspecified atom stereocenters. The molecule has 0 fully saturated rings. The zero-order valence-corrected chi connectivity index (χ0v) is 13.0. The van der Waals surface area contributed by atoms with Crippen molar-refractivity contribution in [3.05, 3.63) is 28.2 Å². The third-order valence-electron chi connectivity index (χ3n) is 2.97. The fourth-order valence-electron chi connectivity index (χ4n) is 1.96. The second-order valence-electron chi connectivity index (χ2n) is 4.78. The summed E-state index contributed by atoms with van der Waals surface area (Å²) in [5, 5.41) is 0. The van der Waals surface area contributed by atoms with E-state index in [0.29, 0.717) is 6.54 Å². The monoisotopic (exact) mass is 313 g/mol. The largest absolute Gasteiger partial charge is 0.491 e. The van der Waals surface area contributed by atoms with Crippen LogP contribution in [0.3, 0.4) is 0 Å². The Morgan fingerprint density at radius 1 is 1.22 bits per heavy atom. The Kier molecular flexibility index (Phi) is 7.36. The van der Waals surface area contributed by atoms with Crippen molar-refractivity contribution in [3.8, 4) is 5.75 Å². The zero-order valence-electron chi connectivity index (χ0n) is 11.4. The van der Waals surface area contributed by atoms with Gasteiger partial charge in [-0.25, -0.2) is 0 Å². The molecule has 0 aliphatic carbocycles. The molecule has 2 nitrogen and oxygen atoms in total. The maximum absolute atomic E-state index is 5.93. The molecule has 0 radical (unpaired) electrons. The van der Waals surface area contributed by atoms with E-state index in [0.717, 1.165) is 22.2 Å². The standard InChI is InChI=1S/C15H24BrNO/c1-3-4-5-6-7-12(2)18-15-9-13(11-17)8-14(16)10-15/h8-10,12H,3-7,11,17H2,1-2H3. The smallest absolute Gasteiger partial charge is 0.121 e. The number of ether oxygens (including phenoxy) is 1. The molecule has 0 aliphatic heterocycles. The number of halogens is 1. The predicted octanol–water partition coefficient (Wildman–Crippen LogP) is 4.65. The minimum absolute atomic E-state index is 0.266. The van der Waals surface area contributed by atoms with Gasteiger partial charge in [0.2, 0.25) is 0 Å². The van der Waals surface area contributed by atoms with E-state index in [1.54, 1.807) is 0 Å². The Balaban J connectivity index is 2.43. The Labute approximate surface area is 119 Å². The number of benzene rings is 1.